The Labute approximate surface area is 181 Å². The van der Waals surface area contributed by atoms with Gasteiger partial charge in [0.2, 0.25) is 10.0 Å². The molecule has 168 valence electrons. The Balaban J connectivity index is 0.00000729. The molecule has 0 saturated carbocycles. The number of sulfonamides is 2. The van der Waals surface area contributed by atoms with Crippen molar-refractivity contribution in [1.82, 2.24) is 19.7 Å². The summed E-state index contributed by atoms with van der Waals surface area (Å²) in [5.74, 6) is 0.417. The fourth-order valence-electron chi connectivity index (χ4n) is 2.45. The van der Waals surface area contributed by atoms with Crippen LogP contribution in [0.15, 0.2) is 4.99 Å². The molecule has 0 aliphatic carbocycles. The molecule has 1 saturated heterocycles. The van der Waals surface area contributed by atoms with E-state index < -0.39 is 25.6 Å². The number of nitrogens with zero attached hydrogens (tertiary/aromatic N) is 2. The number of halogens is 4. The summed E-state index contributed by atoms with van der Waals surface area (Å²) in [6.07, 6.45) is 0.602. The third kappa shape index (κ3) is 8.54. The maximum Gasteiger partial charge on any atom is 0.511 e. The van der Waals surface area contributed by atoms with Gasteiger partial charge in [-0.2, -0.15) is 17.5 Å². The van der Waals surface area contributed by atoms with E-state index in [-0.39, 0.29) is 55.3 Å². The van der Waals surface area contributed by atoms with E-state index >= 15 is 0 Å². The van der Waals surface area contributed by atoms with E-state index in [0.29, 0.717) is 36.2 Å². The number of aliphatic imine (C=N–C) groups is 1. The normalized spacial score (nSPS) is 17.8. The molecule has 15 heteroatoms. The zero-order valence-corrected chi connectivity index (χ0v) is 19.6. The summed E-state index contributed by atoms with van der Waals surface area (Å²) in [7, 11) is -7.00. The molecule has 0 aromatic heterocycles. The van der Waals surface area contributed by atoms with Crippen LogP contribution in [0.25, 0.3) is 0 Å². The van der Waals surface area contributed by atoms with Crippen LogP contribution in [0.2, 0.25) is 0 Å². The van der Waals surface area contributed by atoms with Gasteiger partial charge in [0, 0.05) is 39.8 Å². The highest BCUT2D eigenvalue weighted by Gasteiger charge is 2.50. The smallest absolute Gasteiger partial charge is 0.356 e. The Morgan fingerprint density at radius 3 is 2.14 bits per heavy atom. The van der Waals surface area contributed by atoms with Crippen LogP contribution in [0, 0.1) is 5.92 Å². The summed E-state index contributed by atoms with van der Waals surface area (Å²) in [4.78, 5) is 3.98. The van der Waals surface area contributed by atoms with Gasteiger partial charge in [0.1, 0.15) is 0 Å². The van der Waals surface area contributed by atoms with Crippen molar-refractivity contribution in [3.63, 3.8) is 0 Å². The number of hydrogen-bond donors (Lipinski definition) is 3. The van der Waals surface area contributed by atoms with Gasteiger partial charge in [0.25, 0.3) is 0 Å². The second-order valence-corrected chi connectivity index (χ2v) is 10.00. The van der Waals surface area contributed by atoms with Gasteiger partial charge >= 0.3 is 15.5 Å². The van der Waals surface area contributed by atoms with Crippen molar-refractivity contribution in [3.05, 3.63) is 0 Å². The fraction of sp³-hybridized carbons (Fsp3) is 0.923. The molecule has 1 aliphatic rings. The summed E-state index contributed by atoms with van der Waals surface area (Å²) in [6, 6.07) is 0. The lowest BCUT2D eigenvalue weighted by Crippen LogP contribution is -2.47. The average molecular weight is 565 g/mol. The van der Waals surface area contributed by atoms with E-state index in [1.54, 1.807) is 0 Å². The Morgan fingerprint density at radius 2 is 1.68 bits per heavy atom. The molecule has 0 aromatic rings. The molecule has 0 radical (unpaired) electrons. The van der Waals surface area contributed by atoms with Crippen molar-refractivity contribution >= 4 is 50.0 Å². The SMILES string of the molecule is CCS(=O)(=O)NCCNC(=NC)NCC1CCN(S(=O)(=O)C(F)(F)F)CC1.I. The zero-order valence-electron chi connectivity index (χ0n) is 15.6. The summed E-state index contributed by atoms with van der Waals surface area (Å²) in [5.41, 5.74) is -5.27. The number of nitrogens with one attached hydrogen (secondary N) is 3. The van der Waals surface area contributed by atoms with Crippen molar-refractivity contribution in [2.45, 2.75) is 25.3 Å². The fourth-order valence-corrected chi connectivity index (χ4v) is 4.05. The van der Waals surface area contributed by atoms with E-state index in [9.17, 15) is 30.0 Å². The van der Waals surface area contributed by atoms with Crippen molar-refractivity contribution in [2.75, 3.05) is 45.5 Å². The molecule has 1 aliphatic heterocycles. The highest BCUT2D eigenvalue weighted by molar-refractivity contribution is 14.0. The first-order valence-corrected chi connectivity index (χ1v) is 11.5. The highest BCUT2D eigenvalue weighted by Crippen LogP contribution is 2.30. The molecular formula is C13H27F3IN5O4S2. The van der Waals surface area contributed by atoms with E-state index in [0.717, 1.165) is 0 Å². The number of alkyl halides is 3. The third-order valence-corrected chi connectivity index (χ3v) is 7.14. The van der Waals surface area contributed by atoms with Crippen LogP contribution in [0.5, 0.6) is 0 Å². The van der Waals surface area contributed by atoms with Gasteiger partial charge in [-0.25, -0.2) is 21.6 Å². The molecule has 0 unspecified atom stereocenters. The largest absolute Gasteiger partial charge is 0.511 e. The predicted octanol–water partition coefficient (Wildman–Crippen LogP) is 0.270. The van der Waals surface area contributed by atoms with E-state index in [1.165, 1.54) is 14.0 Å². The molecule has 0 spiro atoms. The van der Waals surface area contributed by atoms with E-state index in [1.807, 2.05) is 0 Å². The number of hydrogen-bond acceptors (Lipinski definition) is 5. The summed E-state index contributed by atoms with van der Waals surface area (Å²) < 4.78 is 85.9. The predicted molar refractivity (Wildman–Crippen MR) is 112 cm³/mol. The molecule has 0 bridgehead atoms. The van der Waals surface area contributed by atoms with Crippen molar-refractivity contribution in [2.24, 2.45) is 10.9 Å². The van der Waals surface area contributed by atoms with Gasteiger partial charge in [-0.1, -0.05) is 0 Å². The van der Waals surface area contributed by atoms with Crippen LogP contribution in [0.3, 0.4) is 0 Å². The Bertz CT molecular complexity index is 708. The van der Waals surface area contributed by atoms with Crippen LogP contribution in [-0.4, -0.2) is 78.1 Å². The molecule has 1 fully saturated rings. The maximum atomic E-state index is 12.6. The van der Waals surface area contributed by atoms with Gasteiger partial charge in [0.15, 0.2) is 5.96 Å². The summed E-state index contributed by atoms with van der Waals surface area (Å²) in [5, 5.41) is 5.92. The second-order valence-electron chi connectivity index (χ2n) is 5.97. The van der Waals surface area contributed by atoms with Gasteiger partial charge in [-0.3, -0.25) is 4.99 Å². The molecular weight excluding hydrogens is 538 g/mol. The lowest BCUT2D eigenvalue weighted by Gasteiger charge is -2.31. The van der Waals surface area contributed by atoms with E-state index in [4.69, 9.17) is 0 Å². The molecule has 0 amide bonds. The zero-order chi connectivity index (χ0) is 20.7. The van der Waals surface area contributed by atoms with Gasteiger partial charge in [-0.15, -0.1) is 24.0 Å². The molecule has 9 nitrogen and oxygen atoms in total. The summed E-state index contributed by atoms with van der Waals surface area (Å²) >= 11 is 0. The number of piperidine rings is 1. The third-order valence-electron chi connectivity index (χ3n) is 4.11. The lowest BCUT2D eigenvalue weighted by atomic mass is 9.98. The molecule has 3 N–H and O–H groups in total. The van der Waals surface area contributed by atoms with Crippen molar-refractivity contribution in [3.8, 4) is 0 Å². The van der Waals surface area contributed by atoms with Crippen LogP contribution in [0.4, 0.5) is 13.2 Å². The minimum Gasteiger partial charge on any atom is -0.356 e. The minimum absolute atomic E-state index is 0. The maximum absolute atomic E-state index is 12.6. The lowest BCUT2D eigenvalue weighted by molar-refractivity contribution is -0.0496. The molecule has 1 heterocycles. The van der Waals surface area contributed by atoms with Crippen molar-refractivity contribution < 1.29 is 30.0 Å². The Hall–Kier alpha value is -0.390. The molecule has 0 atom stereocenters. The number of guanidine groups is 1. The molecule has 0 aromatic carbocycles. The topological polar surface area (TPSA) is 120 Å². The molecule has 1 rings (SSSR count). The summed E-state index contributed by atoms with van der Waals surface area (Å²) in [6.45, 7) is 2.07. The number of rotatable bonds is 8. The standard InChI is InChI=1S/C13H26F3N5O4S2.HI/c1-3-26(22,23)20-7-6-18-12(17-2)19-10-11-4-8-21(9-5-11)27(24,25)13(14,15)16;/h11,20H,3-10H2,1-2H3,(H2,17,18,19);1H. The van der Waals surface area contributed by atoms with Crippen LogP contribution >= 0.6 is 24.0 Å². The second kappa shape index (κ2) is 11.7. The van der Waals surface area contributed by atoms with Crippen LogP contribution < -0.4 is 15.4 Å². The highest BCUT2D eigenvalue weighted by atomic mass is 127. The van der Waals surface area contributed by atoms with Crippen LogP contribution in [0.1, 0.15) is 19.8 Å². The van der Waals surface area contributed by atoms with Crippen LogP contribution in [-0.2, 0) is 20.0 Å². The van der Waals surface area contributed by atoms with Gasteiger partial charge in [-0.05, 0) is 25.7 Å². The first-order chi connectivity index (χ1) is 12.4. The Kier molecular flexibility index (Phi) is 11.5. The first kappa shape index (κ1) is 27.6. The monoisotopic (exact) mass is 565 g/mol. The first-order valence-electron chi connectivity index (χ1n) is 8.41. The van der Waals surface area contributed by atoms with E-state index in [2.05, 4.69) is 20.3 Å². The van der Waals surface area contributed by atoms with Gasteiger partial charge in [0.05, 0.1) is 5.75 Å². The van der Waals surface area contributed by atoms with Crippen molar-refractivity contribution in [1.29, 1.82) is 0 Å². The quantitative estimate of drug-likeness (QED) is 0.168. The average Bonchev–Trinajstić information content (AvgIpc) is 2.60. The minimum atomic E-state index is -5.27. The molecule has 28 heavy (non-hydrogen) atoms. The Morgan fingerprint density at radius 1 is 1.11 bits per heavy atom. The van der Waals surface area contributed by atoms with Gasteiger partial charge < -0.3 is 10.6 Å².